The van der Waals surface area contributed by atoms with Crippen molar-refractivity contribution in [1.29, 1.82) is 0 Å². The normalized spacial score (nSPS) is 11.5. The minimum atomic E-state index is 0.705. The van der Waals surface area contributed by atoms with E-state index in [9.17, 15) is 0 Å². The highest BCUT2D eigenvalue weighted by molar-refractivity contribution is 6.27. The van der Waals surface area contributed by atoms with E-state index in [1.807, 2.05) is 6.07 Å². The minimum absolute atomic E-state index is 0.705. The van der Waals surface area contributed by atoms with Gasteiger partial charge in [0.2, 0.25) is 0 Å². The molecule has 0 amide bonds. The van der Waals surface area contributed by atoms with Crippen molar-refractivity contribution in [2.45, 2.75) is 0 Å². The average molecular weight is 661 g/mol. The van der Waals surface area contributed by atoms with E-state index in [0.717, 1.165) is 28.1 Å². The van der Waals surface area contributed by atoms with Crippen LogP contribution in [0.1, 0.15) is 0 Å². The summed E-state index contributed by atoms with van der Waals surface area (Å²) in [4.78, 5) is 10.6. The van der Waals surface area contributed by atoms with Gasteiger partial charge in [0.1, 0.15) is 0 Å². The Balaban J connectivity index is 1.24. The highest BCUT2D eigenvalue weighted by Crippen LogP contribution is 2.46. The molecule has 0 fully saturated rings. The second-order valence-electron chi connectivity index (χ2n) is 13.3. The van der Waals surface area contributed by atoms with Crippen LogP contribution in [0.4, 0.5) is 0 Å². The molecule has 0 atom stereocenters. The Morgan fingerprint density at radius 1 is 0.288 bits per heavy atom. The molecule has 0 aliphatic rings. The molecule has 9 aromatic carbocycles. The topological polar surface area (TPSA) is 25.8 Å². The fourth-order valence-corrected chi connectivity index (χ4v) is 7.87. The number of aromatic nitrogens is 2. The Kier molecular flexibility index (Phi) is 7.18. The lowest BCUT2D eigenvalue weighted by Crippen LogP contribution is -1.98. The molecule has 0 unspecified atom stereocenters. The van der Waals surface area contributed by atoms with Crippen LogP contribution >= 0.6 is 0 Å². The third kappa shape index (κ3) is 5.04. The van der Waals surface area contributed by atoms with Gasteiger partial charge in [-0.1, -0.05) is 188 Å². The van der Waals surface area contributed by atoms with Crippen molar-refractivity contribution in [2.24, 2.45) is 0 Å². The zero-order valence-corrected chi connectivity index (χ0v) is 28.4. The van der Waals surface area contributed by atoms with E-state index in [1.54, 1.807) is 0 Å². The predicted octanol–water partition coefficient (Wildman–Crippen LogP) is 13.4. The van der Waals surface area contributed by atoms with Gasteiger partial charge < -0.3 is 0 Å². The first-order chi connectivity index (χ1) is 25.8. The monoisotopic (exact) mass is 660 g/mol. The lowest BCUT2D eigenvalue weighted by molar-refractivity contribution is 1.19. The van der Waals surface area contributed by atoms with Gasteiger partial charge in [0.05, 0.1) is 11.4 Å². The van der Waals surface area contributed by atoms with Crippen LogP contribution in [0.15, 0.2) is 194 Å². The van der Waals surface area contributed by atoms with Gasteiger partial charge in [-0.05, 0) is 71.4 Å². The van der Waals surface area contributed by atoms with Gasteiger partial charge in [-0.3, -0.25) is 0 Å². The lowest BCUT2D eigenvalue weighted by Gasteiger charge is -2.19. The number of hydrogen-bond donors (Lipinski definition) is 0. The summed E-state index contributed by atoms with van der Waals surface area (Å²) in [5.74, 6) is 0.705. The van der Waals surface area contributed by atoms with Crippen molar-refractivity contribution in [3.8, 4) is 56.2 Å². The van der Waals surface area contributed by atoms with Gasteiger partial charge in [-0.15, -0.1) is 0 Å². The van der Waals surface area contributed by atoms with Crippen LogP contribution in [0.5, 0.6) is 0 Å². The van der Waals surface area contributed by atoms with Crippen molar-refractivity contribution < 1.29 is 0 Å². The van der Waals surface area contributed by atoms with Crippen molar-refractivity contribution >= 4 is 43.1 Å². The largest absolute Gasteiger partial charge is 0.228 e. The van der Waals surface area contributed by atoms with Crippen molar-refractivity contribution in [2.75, 3.05) is 0 Å². The molecule has 0 N–H and O–H groups in total. The highest BCUT2D eigenvalue weighted by Gasteiger charge is 2.21. The SMILES string of the molecule is c1ccc(-c2nc(-c3ccc(-c4cccc5ccccc45)cc3)cc(-c3c4ccccc4c(-c4ccccc4)c4c3ccc3ccccc34)n2)cc1. The Morgan fingerprint density at radius 2 is 0.827 bits per heavy atom. The molecule has 0 spiro atoms. The molecular formula is C50H32N2. The molecular weight excluding hydrogens is 629 g/mol. The quantitative estimate of drug-likeness (QED) is 0.136. The van der Waals surface area contributed by atoms with Crippen molar-refractivity contribution in [3.05, 3.63) is 194 Å². The predicted molar refractivity (Wildman–Crippen MR) is 219 cm³/mol. The standard InChI is InChI=1S/C50H32N2/c1-3-16-37(17-4-1)47-42-23-11-12-24-43(42)48(44-31-30-34-15-8-10-22-41(34)49(44)47)46-32-45(51-50(52-46)38-18-5-2-6-19-38)36-28-26-35(27-29-36)40-25-13-20-33-14-7-9-21-39(33)40/h1-32H. The van der Waals surface area contributed by atoms with Gasteiger partial charge >= 0.3 is 0 Å². The molecule has 2 heteroatoms. The minimum Gasteiger partial charge on any atom is -0.228 e. The zero-order valence-electron chi connectivity index (χ0n) is 28.4. The van der Waals surface area contributed by atoms with Gasteiger partial charge in [0, 0.05) is 16.7 Å². The number of benzene rings is 9. The molecule has 242 valence electrons. The number of hydrogen-bond acceptors (Lipinski definition) is 2. The lowest BCUT2D eigenvalue weighted by atomic mass is 9.85. The van der Waals surface area contributed by atoms with Crippen LogP contribution in [0.3, 0.4) is 0 Å². The first kappa shape index (κ1) is 30.0. The Labute approximate surface area is 302 Å². The molecule has 1 aromatic heterocycles. The van der Waals surface area contributed by atoms with Crippen LogP contribution in [0, 0.1) is 0 Å². The van der Waals surface area contributed by atoms with E-state index < -0.39 is 0 Å². The van der Waals surface area contributed by atoms with Crippen LogP contribution in [0.2, 0.25) is 0 Å². The second-order valence-corrected chi connectivity index (χ2v) is 13.3. The van der Waals surface area contributed by atoms with E-state index >= 15 is 0 Å². The molecule has 10 rings (SSSR count). The Hall–Kier alpha value is -6.90. The van der Waals surface area contributed by atoms with Gasteiger partial charge in [-0.25, -0.2) is 9.97 Å². The first-order valence-electron chi connectivity index (χ1n) is 17.8. The summed E-state index contributed by atoms with van der Waals surface area (Å²) in [7, 11) is 0. The Morgan fingerprint density at radius 3 is 1.56 bits per heavy atom. The number of fused-ring (bicyclic) bond motifs is 5. The van der Waals surface area contributed by atoms with Gasteiger partial charge in [-0.2, -0.15) is 0 Å². The van der Waals surface area contributed by atoms with E-state index in [0.29, 0.717) is 5.82 Å². The molecule has 10 aromatic rings. The van der Waals surface area contributed by atoms with Crippen molar-refractivity contribution in [3.63, 3.8) is 0 Å². The van der Waals surface area contributed by atoms with E-state index in [1.165, 1.54) is 65.3 Å². The fourth-order valence-electron chi connectivity index (χ4n) is 7.87. The van der Waals surface area contributed by atoms with Crippen LogP contribution < -0.4 is 0 Å². The van der Waals surface area contributed by atoms with E-state index in [-0.39, 0.29) is 0 Å². The zero-order chi connectivity index (χ0) is 34.4. The van der Waals surface area contributed by atoms with Crippen molar-refractivity contribution in [1.82, 2.24) is 9.97 Å². The summed E-state index contributed by atoms with van der Waals surface area (Å²) >= 11 is 0. The third-order valence-corrected chi connectivity index (χ3v) is 10.3. The maximum absolute atomic E-state index is 5.37. The fraction of sp³-hybridized carbons (Fsp3) is 0. The molecule has 0 radical (unpaired) electrons. The maximum atomic E-state index is 5.37. The molecule has 1 heterocycles. The summed E-state index contributed by atoms with van der Waals surface area (Å²) in [6.45, 7) is 0. The number of nitrogens with zero attached hydrogens (tertiary/aromatic N) is 2. The summed E-state index contributed by atoms with van der Waals surface area (Å²) in [5.41, 5.74) is 9.78. The van der Waals surface area contributed by atoms with E-state index in [4.69, 9.17) is 9.97 Å². The second kappa shape index (κ2) is 12.5. The van der Waals surface area contributed by atoms with Crippen LogP contribution in [0.25, 0.3) is 99.2 Å². The molecule has 0 aliphatic carbocycles. The average Bonchev–Trinajstić information content (AvgIpc) is 3.23. The van der Waals surface area contributed by atoms with Crippen LogP contribution in [-0.4, -0.2) is 9.97 Å². The summed E-state index contributed by atoms with van der Waals surface area (Å²) in [5, 5.41) is 9.71. The summed E-state index contributed by atoms with van der Waals surface area (Å²) < 4.78 is 0. The van der Waals surface area contributed by atoms with E-state index in [2.05, 4.69) is 188 Å². The molecule has 0 saturated carbocycles. The molecule has 2 nitrogen and oxygen atoms in total. The highest BCUT2D eigenvalue weighted by atomic mass is 14.9. The third-order valence-electron chi connectivity index (χ3n) is 10.3. The number of rotatable bonds is 5. The summed E-state index contributed by atoms with van der Waals surface area (Å²) in [6.07, 6.45) is 0. The Bertz CT molecular complexity index is 2920. The van der Waals surface area contributed by atoms with Gasteiger partial charge in [0.15, 0.2) is 5.82 Å². The molecule has 0 aliphatic heterocycles. The molecule has 0 saturated heterocycles. The first-order valence-corrected chi connectivity index (χ1v) is 17.8. The molecule has 52 heavy (non-hydrogen) atoms. The summed E-state index contributed by atoms with van der Waals surface area (Å²) in [6, 6.07) is 69.2. The van der Waals surface area contributed by atoms with Gasteiger partial charge in [0.25, 0.3) is 0 Å². The smallest absolute Gasteiger partial charge is 0.160 e. The van der Waals surface area contributed by atoms with Crippen LogP contribution in [-0.2, 0) is 0 Å². The molecule has 0 bridgehead atoms. The maximum Gasteiger partial charge on any atom is 0.160 e.